The first-order chi connectivity index (χ1) is 6.65. The van der Waals surface area contributed by atoms with Crippen LogP contribution >= 0.6 is 11.8 Å². The van der Waals surface area contributed by atoms with E-state index >= 15 is 0 Å². The van der Waals surface area contributed by atoms with E-state index in [1.165, 1.54) is 11.8 Å². The van der Waals surface area contributed by atoms with E-state index in [9.17, 15) is 9.90 Å². The number of rotatable bonds is 4. The smallest absolute Gasteiger partial charge is 0.306 e. The molecule has 76 valence electrons. The molecule has 1 aromatic rings. The molecule has 1 atom stereocenters. The van der Waals surface area contributed by atoms with Crippen LogP contribution in [-0.2, 0) is 4.79 Å². The third kappa shape index (κ3) is 2.75. The topological polar surface area (TPSA) is 57.5 Å². The van der Waals surface area contributed by atoms with Crippen LogP contribution in [0, 0.1) is 0 Å². The molecule has 1 unspecified atom stereocenters. The van der Waals surface area contributed by atoms with Crippen molar-refractivity contribution in [3.63, 3.8) is 0 Å². The highest BCUT2D eigenvalue weighted by Crippen LogP contribution is 2.27. The molecule has 0 heterocycles. The summed E-state index contributed by atoms with van der Waals surface area (Å²) in [4.78, 5) is 11.3. The number of aliphatic carboxylic acids is 1. The Morgan fingerprint density at radius 3 is 2.71 bits per heavy atom. The van der Waals surface area contributed by atoms with E-state index in [4.69, 9.17) is 5.11 Å². The summed E-state index contributed by atoms with van der Waals surface area (Å²) in [6, 6.07) is 7.27. The van der Waals surface area contributed by atoms with E-state index in [1.807, 2.05) is 18.4 Å². The molecule has 0 saturated heterocycles. The van der Waals surface area contributed by atoms with Crippen molar-refractivity contribution in [2.75, 3.05) is 6.26 Å². The molecular weight excluding hydrogens is 200 g/mol. The zero-order chi connectivity index (χ0) is 10.6. The predicted octanol–water partition coefficient (Wildman–Crippen LogP) is 1.92. The lowest BCUT2D eigenvalue weighted by atomic mass is 10.1. The number of aliphatic hydroxyl groups is 1. The minimum Gasteiger partial charge on any atom is -0.481 e. The summed E-state index contributed by atoms with van der Waals surface area (Å²) in [6.45, 7) is 0. The van der Waals surface area contributed by atoms with Gasteiger partial charge >= 0.3 is 5.97 Å². The summed E-state index contributed by atoms with van der Waals surface area (Å²) in [7, 11) is 0. The van der Waals surface area contributed by atoms with Gasteiger partial charge in [0.05, 0.1) is 12.5 Å². The van der Waals surface area contributed by atoms with Gasteiger partial charge in [-0.05, 0) is 17.9 Å². The Balaban J connectivity index is 2.87. The van der Waals surface area contributed by atoms with E-state index in [2.05, 4.69) is 0 Å². The lowest BCUT2D eigenvalue weighted by Crippen LogP contribution is -2.06. The van der Waals surface area contributed by atoms with Gasteiger partial charge in [0.15, 0.2) is 0 Å². The molecule has 0 saturated carbocycles. The fourth-order valence-corrected chi connectivity index (χ4v) is 1.87. The number of carboxylic acid groups (broad SMARTS) is 1. The molecular formula is C10H12O3S. The van der Waals surface area contributed by atoms with Crippen molar-refractivity contribution in [2.45, 2.75) is 17.4 Å². The minimum absolute atomic E-state index is 0.252. The maximum Gasteiger partial charge on any atom is 0.306 e. The third-order valence-electron chi connectivity index (χ3n) is 1.87. The van der Waals surface area contributed by atoms with Crippen molar-refractivity contribution >= 4 is 17.7 Å². The van der Waals surface area contributed by atoms with Gasteiger partial charge in [-0.1, -0.05) is 18.2 Å². The maximum absolute atomic E-state index is 10.4. The van der Waals surface area contributed by atoms with E-state index in [0.717, 1.165) is 4.90 Å². The van der Waals surface area contributed by atoms with E-state index < -0.39 is 12.1 Å². The molecule has 0 aliphatic heterocycles. The first-order valence-electron chi connectivity index (χ1n) is 4.18. The van der Waals surface area contributed by atoms with Crippen molar-refractivity contribution in [1.82, 2.24) is 0 Å². The van der Waals surface area contributed by atoms with E-state index in [0.29, 0.717) is 5.56 Å². The monoisotopic (exact) mass is 212 g/mol. The van der Waals surface area contributed by atoms with E-state index in [-0.39, 0.29) is 6.42 Å². The van der Waals surface area contributed by atoms with Gasteiger partial charge in [-0.3, -0.25) is 4.79 Å². The summed E-state index contributed by atoms with van der Waals surface area (Å²) in [5.74, 6) is -0.992. The van der Waals surface area contributed by atoms with Crippen LogP contribution in [0.5, 0.6) is 0 Å². The van der Waals surface area contributed by atoms with Crippen LogP contribution in [0.3, 0.4) is 0 Å². The van der Waals surface area contributed by atoms with Gasteiger partial charge in [0, 0.05) is 4.90 Å². The molecule has 0 spiro atoms. The van der Waals surface area contributed by atoms with Gasteiger partial charge in [0.25, 0.3) is 0 Å². The molecule has 0 bridgehead atoms. The van der Waals surface area contributed by atoms with Crippen LogP contribution < -0.4 is 0 Å². The predicted molar refractivity (Wildman–Crippen MR) is 55.4 cm³/mol. The number of hydrogen-bond acceptors (Lipinski definition) is 3. The van der Waals surface area contributed by atoms with Crippen LogP contribution in [0.1, 0.15) is 18.1 Å². The third-order valence-corrected chi connectivity index (χ3v) is 2.68. The molecule has 0 amide bonds. The molecule has 4 heteroatoms. The van der Waals surface area contributed by atoms with Crippen molar-refractivity contribution in [3.8, 4) is 0 Å². The highest BCUT2D eigenvalue weighted by atomic mass is 32.2. The van der Waals surface area contributed by atoms with Crippen molar-refractivity contribution in [3.05, 3.63) is 29.8 Å². The van der Waals surface area contributed by atoms with Crippen molar-refractivity contribution in [1.29, 1.82) is 0 Å². The second-order valence-corrected chi connectivity index (χ2v) is 3.70. The Hall–Kier alpha value is -1.00. The molecule has 0 aromatic heterocycles. The Morgan fingerprint density at radius 2 is 2.14 bits per heavy atom. The number of hydrogen-bond donors (Lipinski definition) is 2. The highest BCUT2D eigenvalue weighted by molar-refractivity contribution is 7.98. The lowest BCUT2D eigenvalue weighted by molar-refractivity contribution is -0.139. The molecule has 3 nitrogen and oxygen atoms in total. The van der Waals surface area contributed by atoms with Crippen LogP contribution in [0.2, 0.25) is 0 Å². The van der Waals surface area contributed by atoms with Gasteiger partial charge in [0.1, 0.15) is 0 Å². The first kappa shape index (κ1) is 11.1. The summed E-state index contributed by atoms with van der Waals surface area (Å²) in [5, 5.41) is 18.2. The normalized spacial score (nSPS) is 12.4. The number of benzene rings is 1. The second-order valence-electron chi connectivity index (χ2n) is 2.86. The zero-order valence-corrected chi connectivity index (χ0v) is 8.62. The van der Waals surface area contributed by atoms with Crippen LogP contribution in [0.25, 0.3) is 0 Å². The molecule has 0 fully saturated rings. The zero-order valence-electron chi connectivity index (χ0n) is 7.80. The fraction of sp³-hybridized carbons (Fsp3) is 0.300. The Kier molecular flexibility index (Phi) is 3.98. The largest absolute Gasteiger partial charge is 0.481 e. The van der Waals surface area contributed by atoms with Gasteiger partial charge in [0.2, 0.25) is 0 Å². The average molecular weight is 212 g/mol. The van der Waals surface area contributed by atoms with Crippen molar-refractivity contribution in [2.24, 2.45) is 0 Å². The van der Waals surface area contributed by atoms with Gasteiger partial charge < -0.3 is 10.2 Å². The van der Waals surface area contributed by atoms with E-state index in [1.54, 1.807) is 12.1 Å². The summed E-state index contributed by atoms with van der Waals surface area (Å²) < 4.78 is 0. The van der Waals surface area contributed by atoms with Crippen molar-refractivity contribution < 1.29 is 15.0 Å². The average Bonchev–Trinajstić information content (AvgIpc) is 2.16. The molecule has 2 N–H and O–H groups in total. The first-order valence-corrected chi connectivity index (χ1v) is 5.40. The molecule has 1 aromatic carbocycles. The quantitative estimate of drug-likeness (QED) is 0.749. The highest BCUT2D eigenvalue weighted by Gasteiger charge is 2.14. The molecule has 0 aliphatic carbocycles. The van der Waals surface area contributed by atoms with Gasteiger partial charge in [-0.2, -0.15) is 0 Å². The van der Waals surface area contributed by atoms with Crippen LogP contribution in [-0.4, -0.2) is 22.4 Å². The molecule has 0 aliphatic rings. The molecule has 0 radical (unpaired) electrons. The second kappa shape index (κ2) is 5.02. The number of aliphatic hydroxyl groups excluding tert-OH is 1. The van der Waals surface area contributed by atoms with Crippen LogP contribution in [0.15, 0.2) is 29.2 Å². The summed E-state index contributed by atoms with van der Waals surface area (Å²) in [6.07, 6.45) is 0.723. The SMILES string of the molecule is CSc1ccccc1C(O)CC(=O)O. The molecule has 14 heavy (non-hydrogen) atoms. The maximum atomic E-state index is 10.4. The lowest BCUT2D eigenvalue weighted by Gasteiger charge is -2.11. The van der Waals surface area contributed by atoms with Crippen LogP contribution in [0.4, 0.5) is 0 Å². The molecule has 1 rings (SSSR count). The number of carbonyl (C=O) groups is 1. The summed E-state index contributed by atoms with van der Waals surface area (Å²) in [5.41, 5.74) is 0.683. The number of carboxylic acids is 1. The summed E-state index contributed by atoms with van der Waals surface area (Å²) >= 11 is 1.50. The Morgan fingerprint density at radius 1 is 1.50 bits per heavy atom. The standard InChI is InChI=1S/C10H12O3S/c1-14-9-5-3-2-4-7(9)8(11)6-10(12)13/h2-5,8,11H,6H2,1H3,(H,12,13). The van der Waals surface area contributed by atoms with Gasteiger partial charge in [-0.15, -0.1) is 11.8 Å². The Labute approximate surface area is 86.8 Å². The number of thioether (sulfide) groups is 1. The minimum atomic E-state index is -0.992. The van der Waals surface area contributed by atoms with Gasteiger partial charge in [-0.25, -0.2) is 0 Å². The fourth-order valence-electron chi connectivity index (χ4n) is 1.22. The Bertz CT molecular complexity index is 325.